The Hall–Kier alpha value is -3.17. The van der Waals surface area contributed by atoms with Crippen molar-refractivity contribution < 1.29 is 19.1 Å². The second-order valence-corrected chi connectivity index (χ2v) is 10.4. The van der Waals surface area contributed by atoms with Gasteiger partial charge in [-0.3, -0.25) is 20.0 Å². The number of nitrogen functional groups attached to an aromatic ring is 1. The van der Waals surface area contributed by atoms with Gasteiger partial charge in [0.2, 0.25) is 11.8 Å². The fraction of sp³-hybridized carbons (Fsp3) is 0.640. The zero-order chi connectivity index (χ0) is 25.6. The third-order valence-electron chi connectivity index (χ3n) is 6.47. The summed E-state index contributed by atoms with van der Waals surface area (Å²) in [5, 5.41) is 13.1. The van der Waals surface area contributed by atoms with Crippen LogP contribution in [0.3, 0.4) is 0 Å². The molecule has 0 unspecified atom stereocenters. The van der Waals surface area contributed by atoms with Crippen LogP contribution in [0.1, 0.15) is 77.0 Å². The number of carbonyl (C=O) groups is 3. The van der Waals surface area contributed by atoms with Gasteiger partial charge in [0.25, 0.3) is 0 Å². The highest BCUT2D eigenvalue weighted by atomic mass is 16.6. The molecule has 1 aromatic rings. The molecule has 1 saturated carbocycles. The lowest BCUT2D eigenvalue weighted by Gasteiger charge is -2.35. The van der Waals surface area contributed by atoms with E-state index < -0.39 is 23.8 Å². The summed E-state index contributed by atoms with van der Waals surface area (Å²) in [5.74, 6) is -0.536. The number of aromatic nitrogens is 1. The molecule has 1 aromatic heterocycles. The molecular formula is C25H38N6O4. The average molecular weight is 487 g/mol. The van der Waals surface area contributed by atoms with Gasteiger partial charge in [-0.05, 0) is 64.0 Å². The van der Waals surface area contributed by atoms with Crippen LogP contribution in [-0.2, 0) is 20.9 Å². The fourth-order valence-electron chi connectivity index (χ4n) is 4.76. The summed E-state index contributed by atoms with van der Waals surface area (Å²) in [5.41, 5.74) is 5.90. The van der Waals surface area contributed by atoms with Crippen molar-refractivity contribution in [2.75, 3.05) is 6.54 Å². The summed E-state index contributed by atoms with van der Waals surface area (Å²) in [4.78, 5) is 45.0. The van der Waals surface area contributed by atoms with E-state index in [2.05, 4.69) is 15.6 Å². The minimum atomic E-state index is -0.707. The molecule has 2 heterocycles. The summed E-state index contributed by atoms with van der Waals surface area (Å²) in [6.45, 7) is 6.09. The topological polar surface area (TPSA) is 150 Å². The van der Waals surface area contributed by atoms with E-state index in [9.17, 15) is 14.4 Å². The van der Waals surface area contributed by atoms with E-state index in [1.54, 1.807) is 44.0 Å². The van der Waals surface area contributed by atoms with Crippen LogP contribution in [0.2, 0.25) is 0 Å². The Bertz CT molecular complexity index is 921. The zero-order valence-electron chi connectivity index (χ0n) is 20.9. The minimum absolute atomic E-state index is 0.0268. The van der Waals surface area contributed by atoms with Crippen LogP contribution in [0.25, 0.3) is 0 Å². The third kappa shape index (κ3) is 7.40. The van der Waals surface area contributed by atoms with Gasteiger partial charge in [0.15, 0.2) is 0 Å². The molecule has 2 atom stereocenters. The van der Waals surface area contributed by atoms with Crippen LogP contribution in [0.4, 0.5) is 4.79 Å². The molecule has 0 aromatic carbocycles. The molecule has 3 amide bonds. The van der Waals surface area contributed by atoms with Gasteiger partial charge < -0.3 is 26.0 Å². The van der Waals surface area contributed by atoms with Crippen molar-refractivity contribution in [2.24, 2.45) is 11.7 Å². The van der Waals surface area contributed by atoms with Crippen molar-refractivity contribution in [3.63, 3.8) is 0 Å². The van der Waals surface area contributed by atoms with Crippen molar-refractivity contribution in [1.82, 2.24) is 20.5 Å². The average Bonchev–Trinajstić information content (AvgIpc) is 3.30. The molecule has 1 aliphatic heterocycles. The van der Waals surface area contributed by atoms with E-state index in [1.165, 1.54) is 0 Å². The largest absolute Gasteiger partial charge is 0.444 e. The molecule has 10 nitrogen and oxygen atoms in total. The fourth-order valence-corrected chi connectivity index (χ4v) is 4.76. The normalized spacial score (nSPS) is 19.6. The van der Waals surface area contributed by atoms with E-state index in [1.807, 2.05) is 0 Å². The first-order chi connectivity index (χ1) is 16.5. The van der Waals surface area contributed by atoms with Crippen LogP contribution in [-0.4, -0.2) is 57.9 Å². The molecule has 0 radical (unpaired) electrons. The lowest BCUT2D eigenvalue weighted by atomic mass is 9.83. The number of nitrogens with one attached hydrogen (secondary N) is 3. The monoisotopic (exact) mass is 486 g/mol. The predicted molar refractivity (Wildman–Crippen MR) is 132 cm³/mol. The van der Waals surface area contributed by atoms with Crippen LogP contribution >= 0.6 is 0 Å². The highest BCUT2D eigenvalue weighted by Crippen LogP contribution is 2.29. The maximum atomic E-state index is 13.7. The number of amidine groups is 1. The van der Waals surface area contributed by atoms with E-state index in [4.69, 9.17) is 15.9 Å². The number of hydrogen-bond acceptors (Lipinski definition) is 6. The third-order valence-corrected chi connectivity index (χ3v) is 6.47. The van der Waals surface area contributed by atoms with Crippen molar-refractivity contribution in [1.29, 1.82) is 5.41 Å². The summed E-state index contributed by atoms with van der Waals surface area (Å²) in [7, 11) is 0. The first-order valence-corrected chi connectivity index (χ1v) is 12.4. The second kappa shape index (κ2) is 11.5. The van der Waals surface area contributed by atoms with Gasteiger partial charge in [0.1, 0.15) is 29.2 Å². The van der Waals surface area contributed by atoms with Crippen LogP contribution < -0.4 is 16.4 Å². The van der Waals surface area contributed by atoms with Gasteiger partial charge in [-0.15, -0.1) is 0 Å². The predicted octanol–water partition coefficient (Wildman–Crippen LogP) is 2.45. The van der Waals surface area contributed by atoms with Crippen LogP contribution in [0.5, 0.6) is 0 Å². The summed E-state index contributed by atoms with van der Waals surface area (Å²) in [6, 6.07) is 2.10. The summed E-state index contributed by atoms with van der Waals surface area (Å²) < 4.78 is 5.43. The Kier molecular flexibility index (Phi) is 8.69. The van der Waals surface area contributed by atoms with Crippen molar-refractivity contribution in [3.8, 4) is 0 Å². The Labute approximate surface area is 206 Å². The van der Waals surface area contributed by atoms with Crippen LogP contribution in [0.15, 0.2) is 18.3 Å². The second-order valence-electron chi connectivity index (χ2n) is 10.4. The first kappa shape index (κ1) is 26.4. The number of nitrogens with two attached hydrogens (primary N) is 1. The summed E-state index contributed by atoms with van der Waals surface area (Å²) >= 11 is 0. The van der Waals surface area contributed by atoms with E-state index >= 15 is 0 Å². The smallest absolute Gasteiger partial charge is 0.408 e. The van der Waals surface area contributed by atoms with Crippen molar-refractivity contribution in [3.05, 3.63) is 29.6 Å². The van der Waals surface area contributed by atoms with Gasteiger partial charge in [-0.1, -0.05) is 25.3 Å². The highest BCUT2D eigenvalue weighted by molar-refractivity contribution is 5.93. The first-order valence-electron chi connectivity index (χ1n) is 12.4. The molecule has 35 heavy (non-hydrogen) atoms. The van der Waals surface area contributed by atoms with E-state index in [0.29, 0.717) is 18.7 Å². The highest BCUT2D eigenvalue weighted by Gasteiger charge is 2.41. The van der Waals surface area contributed by atoms with E-state index in [0.717, 1.165) is 44.1 Å². The number of likely N-dealkylation sites (tertiary alicyclic amines) is 1. The number of nitrogens with zero attached hydrogens (tertiary/aromatic N) is 2. The van der Waals surface area contributed by atoms with Gasteiger partial charge in [-0.25, -0.2) is 4.79 Å². The molecule has 5 N–H and O–H groups in total. The molecule has 192 valence electrons. The molecule has 0 spiro atoms. The number of alkyl carbamates (subject to hydrolysis) is 1. The number of pyridine rings is 1. The van der Waals surface area contributed by atoms with Gasteiger partial charge in [0.05, 0.1) is 0 Å². The number of rotatable bonds is 7. The molecule has 2 fully saturated rings. The number of ether oxygens (including phenoxy) is 1. The Morgan fingerprint density at radius 1 is 1.17 bits per heavy atom. The maximum Gasteiger partial charge on any atom is 0.408 e. The van der Waals surface area contributed by atoms with Gasteiger partial charge in [-0.2, -0.15) is 0 Å². The maximum absolute atomic E-state index is 13.7. The quantitative estimate of drug-likeness (QED) is 0.343. The Morgan fingerprint density at radius 3 is 2.49 bits per heavy atom. The molecule has 1 saturated heterocycles. The van der Waals surface area contributed by atoms with Crippen LogP contribution in [0, 0.1) is 11.3 Å². The molecule has 0 bridgehead atoms. The minimum Gasteiger partial charge on any atom is -0.444 e. The zero-order valence-corrected chi connectivity index (χ0v) is 20.9. The Morgan fingerprint density at radius 2 is 1.89 bits per heavy atom. The van der Waals surface area contributed by atoms with Crippen molar-refractivity contribution >= 4 is 23.7 Å². The van der Waals surface area contributed by atoms with Crippen molar-refractivity contribution in [2.45, 2.75) is 89.9 Å². The van der Waals surface area contributed by atoms with E-state index in [-0.39, 0.29) is 30.1 Å². The SMILES string of the molecule is CC(C)(C)OC(=O)N[C@@H](C(=O)N1CCC[C@H]1C(=O)NCc1ccc(C(=N)N)nc1)C1CCCCC1. The standard InChI is InChI=1S/C25H38N6O4/c1-25(2,3)35-24(34)30-20(17-8-5-4-6-9-17)23(33)31-13-7-10-19(31)22(32)29-15-16-11-12-18(21(26)27)28-14-16/h11-12,14,17,19-20H,4-10,13,15H2,1-3H3,(H3,26,27)(H,29,32)(H,30,34)/t19-,20+/m0/s1. The molecule has 3 rings (SSSR count). The summed E-state index contributed by atoms with van der Waals surface area (Å²) in [6.07, 6.45) is 7.14. The molecule has 2 aliphatic rings. The molecule has 10 heteroatoms. The Balaban J connectivity index is 1.67. The lowest BCUT2D eigenvalue weighted by Crippen LogP contribution is -2.56. The molecular weight excluding hydrogens is 448 g/mol. The number of hydrogen-bond donors (Lipinski definition) is 4. The lowest BCUT2D eigenvalue weighted by molar-refractivity contribution is -0.141. The van der Waals surface area contributed by atoms with Gasteiger partial charge in [0, 0.05) is 19.3 Å². The van der Waals surface area contributed by atoms with Gasteiger partial charge >= 0.3 is 6.09 Å². The number of amides is 3. The molecule has 1 aliphatic carbocycles. The number of carbonyl (C=O) groups excluding carboxylic acids is 3.